The molecule has 0 aromatic rings. The molecule has 0 amide bonds. The first-order valence-corrected chi connectivity index (χ1v) is 4.67. The summed E-state index contributed by atoms with van der Waals surface area (Å²) in [4.78, 5) is 0. The molecule has 0 aliphatic heterocycles. The zero-order valence-electron chi connectivity index (χ0n) is 7.97. The summed E-state index contributed by atoms with van der Waals surface area (Å²) in [5.74, 6) is 0. The van der Waals surface area contributed by atoms with E-state index >= 15 is 0 Å². The first kappa shape index (κ1) is 9.96. The summed E-state index contributed by atoms with van der Waals surface area (Å²) in [6.07, 6.45) is 3.33. The number of aliphatic hydroxyl groups is 1. The molecule has 1 aliphatic carbocycles. The minimum Gasteiger partial charge on any atom is -0.396 e. The average molecular weight is 173 g/mol. The zero-order chi connectivity index (χ0) is 9.03. The lowest BCUT2D eigenvalue weighted by Gasteiger charge is -2.47. The first-order valence-electron chi connectivity index (χ1n) is 4.67. The van der Waals surface area contributed by atoms with E-state index in [9.17, 15) is 0 Å². The number of nitrogens with one attached hydrogen (secondary N) is 1. The third-order valence-corrected chi connectivity index (χ3v) is 2.76. The van der Waals surface area contributed by atoms with E-state index in [2.05, 4.69) is 5.32 Å². The van der Waals surface area contributed by atoms with Gasteiger partial charge in [0.2, 0.25) is 0 Å². The maximum absolute atomic E-state index is 8.83. The molecule has 12 heavy (non-hydrogen) atoms. The fourth-order valence-electron chi connectivity index (χ4n) is 1.91. The SMILES string of the molecule is CCOC1CC(CCO)(NC)C1. The number of hydrogen-bond acceptors (Lipinski definition) is 3. The van der Waals surface area contributed by atoms with E-state index < -0.39 is 0 Å². The van der Waals surface area contributed by atoms with E-state index in [0.29, 0.717) is 6.10 Å². The Hall–Kier alpha value is -0.120. The minimum atomic E-state index is 0.161. The lowest BCUT2D eigenvalue weighted by Crippen LogP contribution is -2.57. The van der Waals surface area contributed by atoms with Crippen molar-refractivity contribution in [3.05, 3.63) is 0 Å². The van der Waals surface area contributed by atoms with Gasteiger partial charge in [0, 0.05) is 18.8 Å². The lowest BCUT2D eigenvalue weighted by molar-refractivity contribution is -0.0553. The van der Waals surface area contributed by atoms with Gasteiger partial charge in [-0.15, -0.1) is 0 Å². The van der Waals surface area contributed by atoms with E-state index in [4.69, 9.17) is 9.84 Å². The molecule has 1 aliphatic rings. The molecule has 0 aromatic carbocycles. The fraction of sp³-hybridized carbons (Fsp3) is 1.00. The van der Waals surface area contributed by atoms with Gasteiger partial charge in [-0.25, -0.2) is 0 Å². The van der Waals surface area contributed by atoms with Crippen molar-refractivity contribution in [2.75, 3.05) is 20.3 Å². The lowest BCUT2D eigenvalue weighted by atomic mass is 9.72. The van der Waals surface area contributed by atoms with E-state index in [1.165, 1.54) is 0 Å². The Labute approximate surface area is 74.1 Å². The highest BCUT2D eigenvalue weighted by Gasteiger charge is 2.42. The minimum absolute atomic E-state index is 0.161. The largest absolute Gasteiger partial charge is 0.396 e. The van der Waals surface area contributed by atoms with Crippen LogP contribution in [0.5, 0.6) is 0 Å². The van der Waals surface area contributed by atoms with Crippen molar-refractivity contribution in [2.24, 2.45) is 0 Å². The van der Waals surface area contributed by atoms with Crippen LogP contribution in [0.3, 0.4) is 0 Å². The van der Waals surface area contributed by atoms with Crippen molar-refractivity contribution in [1.29, 1.82) is 0 Å². The van der Waals surface area contributed by atoms with Gasteiger partial charge in [0.1, 0.15) is 0 Å². The standard InChI is InChI=1S/C9H19NO2/c1-3-12-8-6-9(7-8,10-2)4-5-11/h8,10-11H,3-7H2,1-2H3. The van der Waals surface area contributed by atoms with Gasteiger partial charge < -0.3 is 15.2 Å². The van der Waals surface area contributed by atoms with E-state index in [1.54, 1.807) is 0 Å². The highest BCUT2D eigenvalue weighted by Crippen LogP contribution is 2.36. The van der Waals surface area contributed by atoms with Crippen molar-refractivity contribution in [3.63, 3.8) is 0 Å². The quantitative estimate of drug-likeness (QED) is 0.637. The summed E-state index contributed by atoms with van der Waals surface area (Å²) >= 11 is 0. The fourth-order valence-corrected chi connectivity index (χ4v) is 1.91. The molecule has 3 heteroatoms. The predicted octanol–water partition coefficient (Wildman–Crippen LogP) is 0.526. The van der Waals surface area contributed by atoms with Crippen LogP contribution in [0.2, 0.25) is 0 Å². The number of aliphatic hydroxyl groups excluding tert-OH is 1. The average Bonchev–Trinajstić information content (AvgIpc) is 2.01. The van der Waals surface area contributed by atoms with Crippen LogP contribution in [0.1, 0.15) is 26.2 Å². The molecule has 72 valence electrons. The van der Waals surface area contributed by atoms with Gasteiger partial charge in [-0.2, -0.15) is 0 Å². The molecule has 0 radical (unpaired) electrons. The van der Waals surface area contributed by atoms with Crippen molar-refractivity contribution < 1.29 is 9.84 Å². The van der Waals surface area contributed by atoms with Crippen LogP contribution in [-0.2, 0) is 4.74 Å². The highest BCUT2D eigenvalue weighted by molar-refractivity contribution is 5.00. The van der Waals surface area contributed by atoms with E-state index in [-0.39, 0.29) is 12.1 Å². The third-order valence-electron chi connectivity index (χ3n) is 2.76. The number of ether oxygens (including phenoxy) is 1. The van der Waals surface area contributed by atoms with Crippen molar-refractivity contribution in [1.82, 2.24) is 5.32 Å². The summed E-state index contributed by atoms with van der Waals surface area (Å²) in [6, 6.07) is 0. The predicted molar refractivity (Wildman–Crippen MR) is 48.1 cm³/mol. The molecule has 0 saturated heterocycles. The van der Waals surface area contributed by atoms with Crippen LogP contribution >= 0.6 is 0 Å². The molecule has 1 saturated carbocycles. The van der Waals surface area contributed by atoms with Crippen LogP contribution in [0.15, 0.2) is 0 Å². The zero-order valence-corrected chi connectivity index (χ0v) is 7.97. The molecule has 0 aromatic heterocycles. The van der Waals surface area contributed by atoms with Gasteiger partial charge in [-0.3, -0.25) is 0 Å². The van der Waals surface area contributed by atoms with Crippen LogP contribution < -0.4 is 5.32 Å². The monoisotopic (exact) mass is 173 g/mol. The van der Waals surface area contributed by atoms with E-state index in [0.717, 1.165) is 25.9 Å². The Balaban J connectivity index is 2.25. The second kappa shape index (κ2) is 4.21. The smallest absolute Gasteiger partial charge is 0.0610 e. The molecule has 0 heterocycles. The van der Waals surface area contributed by atoms with Crippen molar-refractivity contribution in [2.45, 2.75) is 37.8 Å². The van der Waals surface area contributed by atoms with Crippen molar-refractivity contribution in [3.8, 4) is 0 Å². The second-order valence-corrected chi connectivity index (χ2v) is 3.49. The van der Waals surface area contributed by atoms with Gasteiger partial charge in [0.05, 0.1) is 6.10 Å². The molecule has 3 nitrogen and oxygen atoms in total. The molecule has 1 fully saturated rings. The molecular weight excluding hydrogens is 154 g/mol. The normalized spacial score (nSPS) is 34.8. The van der Waals surface area contributed by atoms with Crippen LogP contribution in [0, 0.1) is 0 Å². The second-order valence-electron chi connectivity index (χ2n) is 3.49. The summed E-state index contributed by atoms with van der Waals surface area (Å²) in [5.41, 5.74) is 0.161. The number of hydrogen-bond donors (Lipinski definition) is 2. The highest BCUT2D eigenvalue weighted by atomic mass is 16.5. The summed E-state index contributed by atoms with van der Waals surface area (Å²) < 4.78 is 5.46. The maximum Gasteiger partial charge on any atom is 0.0610 e. The first-order chi connectivity index (χ1) is 5.76. The van der Waals surface area contributed by atoms with Gasteiger partial charge >= 0.3 is 0 Å². The Morgan fingerprint density at radius 2 is 2.25 bits per heavy atom. The van der Waals surface area contributed by atoms with Gasteiger partial charge in [-0.05, 0) is 33.2 Å². The molecular formula is C9H19NO2. The van der Waals surface area contributed by atoms with E-state index in [1.807, 2.05) is 14.0 Å². The van der Waals surface area contributed by atoms with Gasteiger partial charge in [0.15, 0.2) is 0 Å². The Bertz CT molecular complexity index is 132. The molecule has 0 atom stereocenters. The number of rotatable bonds is 5. The Morgan fingerprint density at radius 3 is 2.67 bits per heavy atom. The van der Waals surface area contributed by atoms with Gasteiger partial charge in [0.25, 0.3) is 0 Å². The van der Waals surface area contributed by atoms with Crippen molar-refractivity contribution >= 4 is 0 Å². The maximum atomic E-state index is 8.83. The molecule has 0 spiro atoms. The van der Waals surface area contributed by atoms with Crippen LogP contribution in [0.4, 0.5) is 0 Å². The molecule has 1 rings (SSSR count). The summed E-state index contributed by atoms with van der Waals surface area (Å²) in [5, 5.41) is 12.1. The molecule has 0 bridgehead atoms. The Morgan fingerprint density at radius 1 is 1.58 bits per heavy atom. The van der Waals surface area contributed by atoms with Gasteiger partial charge in [-0.1, -0.05) is 0 Å². The summed E-state index contributed by atoms with van der Waals surface area (Å²) in [6.45, 7) is 3.08. The molecule has 0 unspecified atom stereocenters. The third kappa shape index (κ3) is 1.97. The topological polar surface area (TPSA) is 41.5 Å². The Kier molecular flexibility index (Phi) is 3.50. The summed E-state index contributed by atoms with van der Waals surface area (Å²) in [7, 11) is 1.96. The van der Waals surface area contributed by atoms with Crippen LogP contribution in [0.25, 0.3) is 0 Å². The van der Waals surface area contributed by atoms with Crippen LogP contribution in [-0.4, -0.2) is 37.0 Å². The molecule has 2 N–H and O–H groups in total.